The highest BCUT2D eigenvalue weighted by Gasteiger charge is 2.26. The number of furan rings is 1. The first-order valence-corrected chi connectivity index (χ1v) is 11.8. The van der Waals surface area contributed by atoms with Crippen molar-refractivity contribution >= 4 is 38.7 Å². The zero-order valence-electron chi connectivity index (χ0n) is 19.9. The average molecular weight is 471 g/mol. The third-order valence-corrected chi connectivity index (χ3v) is 7.26. The second-order valence-corrected chi connectivity index (χ2v) is 9.37. The van der Waals surface area contributed by atoms with Crippen molar-refractivity contribution in [1.82, 2.24) is 10.3 Å². The topological polar surface area (TPSA) is 97.5 Å². The number of aryl methyl sites for hydroxylation is 3. The summed E-state index contributed by atoms with van der Waals surface area (Å²) in [5.41, 5.74) is 6.08. The Morgan fingerprint density at radius 3 is 2.83 bits per heavy atom. The fourth-order valence-corrected chi connectivity index (χ4v) is 5.36. The fourth-order valence-electron chi connectivity index (χ4n) is 5.36. The van der Waals surface area contributed by atoms with Gasteiger partial charge in [0.25, 0.3) is 0 Å². The van der Waals surface area contributed by atoms with E-state index in [-0.39, 0.29) is 18.4 Å². The molecule has 0 bridgehead atoms. The molecule has 0 fully saturated rings. The molecule has 6 rings (SSSR count). The predicted molar refractivity (Wildman–Crippen MR) is 134 cm³/mol. The number of aromatic nitrogens is 1. The molecule has 0 saturated heterocycles. The van der Waals surface area contributed by atoms with Crippen LogP contribution in [-0.2, 0) is 17.6 Å². The number of hydrogen-bond donors (Lipinski definition) is 2. The maximum absolute atomic E-state index is 13.1. The Balaban J connectivity index is 1.31. The van der Waals surface area contributed by atoms with Crippen LogP contribution in [-0.4, -0.2) is 18.0 Å². The summed E-state index contributed by atoms with van der Waals surface area (Å²) in [6.07, 6.45) is 4.41. The molecule has 0 radical (unpaired) electrons. The lowest BCUT2D eigenvalue weighted by Gasteiger charge is -2.24. The minimum Gasteiger partial charge on any atom is -0.497 e. The van der Waals surface area contributed by atoms with E-state index in [2.05, 4.69) is 10.3 Å². The van der Waals surface area contributed by atoms with Crippen LogP contribution in [0.15, 0.2) is 50.2 Å². The van der Waals surface area contributed by atoms with Gasteiger partial charge >= 0.3 is 5.63 Å². The molecule has 0 saturated carbocycles. The first-order valence-electron chi connectivity index (χ1n) is 11.8. The molecule has 3 aromatic heterocycles. The fraction of sp³-hybridized carbons (Fsp3) is 0.286. The van der Waals surface area contributed by atoms with Crippen molar-refractivity contribution in [2.24, 2.45) is 0 Å². The molecular formula is C28H26N2O5. The van der Waals surface area contributed by atoms with E-state index < -0.39 is 5.63 Å². The molecule has 0 aliphatic heterocycles. The van der Waals surface area contributed by atoms with Crippen molar-refractivity contribution in [2.45, 2.75) is 45.6 Å². The van der Waals surface area contributed by atoms with E-state index in [0.717, 1.165) is 63.5 Å². The molecule has 2 N–H and O–H groups in total. The highest BCUT2D eigenvalue weighted by atomic mass is 16.5. The van der Waals surface area contributed by atoms with Gasteiger partial charge in [-0.1, -0.05) is 0 Å². The van der Waals surface area contributed by atoms with Crippen molar-refractivity contribution in [3.8, 4) is 5.75 Å². The minimum absolute atomic E-state index is 0.0353. The number of methoxy groups -OCH3 is 1. The van der Waals surface area contributed by atoms with Crippen LogP contribution in [0.25, 0.3) is 32.8 Å². The summed E-state index contributed by atoms with van der Waals surface area (Å²) in [6, 6.07) is 9.55. The Morgan fingerprint density at radius 2 is 2.00 bits per heavy atom. The van der Waals surface area contributed by atoms with Crippen molar-refractivity contribution in [3.05, 3.63) is 75.0 Å². The highest BCUT2D eigenvalue weighted by Crippen LogP contribution is 2.36. The normalized spacial score (nSPS) is 15.6. The predicted octanol–water partition coefficient (Wildman–Crippen LogP) is 5.38. The first kappa shape index (κ1) is 21.5. The molecule has 178 valence electrons. The summed E-state index contributed by atoms with van der Waals surface area (Å²) in [4.78, 5) is 29.4. The smallest absolute Gasteiger partial charge is 0.340 e. The van der Waals surface area contributed by atoms with Crippen LogP contribution in [0.5, 0.6) is 5.75 Å². The summed E-state index contributed by atoms with van der Waals surface area (Å²) in [7, 11) is 1.66. The van der Waals surface area contributed by atoms with Gasteiger partial charge in [0.15, 0.2) is 0 Å². The van der Waals surface area contributed by atoms with E-state index in [1.165, 1.54) is 5.56 Å². The number of rotatable bonds is 4. The molecule has 1 amide bonds. The van der Waals surface area contributed by atoms with E-state index in [0.29, 0.717) is 16.7 Å². The molecule has 35 heavy (non-hydrogen) atoms. The molecule has 1 atom stereocenters. The zero-order chi connectivity index (χ0) is 24.3. The lowest BCUT2D eigenvalue weighted by Crippen LogP contribution is -2.33. The number of H-pyrrole nitrogens is 1. The number of hydrogen-bond acceptors (Lipinski definition) is 5. The molecule has 3 heterocycles. The molecule has 0 spiro atoms. The Bertz CT molecular complexity index is 1690. The highest BCUT2D eigenvalue weighted by molar-refractivity contribution is 5.96. The molecule has 1 unspecified atom stereocenters. The van der Waals surface area contributed by atoms with Gasteiger partial charge in [0, 0.05) is 33.4 Å². The molecule has 1 aliphatic carbocycles. The number of carbonyl (C=O) groups excluding carboxylic acids is 1. The molecule has 2 aromatic carbocycles. The number of benzene rings is 2. The Hall–Kier alpha value is -4.00. The summed E-state index contributed by atoms with van der Waals surface area (Å²) in [6.45, 7) is 3.84. The van der Waals surface area contributed by atoms with E-state index >= 15 is 0 Å². The van der Waals surface area contributed by atoms with Gasteiger partial charge < -0.3 is 23.9 Å². The number of fused-ring (bicyclic) bond motifs is 5. The number of amides is 1. The molecule has 7 heteroatoms. The van der Waals surface area contributed by atoms with Crippen LogP contribution >= 0.6 is 0 Å². The van der Waals surface area contributed by atoms with Crippen LogP contribution in [0.2, 0.25) is 0 Å². The number of nitrogens with one attached hydrogen (secondary N) is 2. The molecular weight excluding hydrogens is 444 g/mol. The largest absolute Gasteiger partial charge is 0.497 e. The summed E-state index contributed by atoms with van der Waals surface area (Å²) >= 11 is 0. The van der Waals surface area contributed by atoms with Crippen LogP contribution in [0.1, 0.15) is 46.8 Å². The van der Waals surface area contributed by atoms with Gasteiger partial charge in [-0.05, 0) is 74.1 Å². The number of ether oxygens (including phenoxy) is 1. The molecule has 1 aliphatic rings. The quantitative estimate of drug-likeness (QED) is 0.344. The third kappa shape index (κ3) is 3.50. The monoisotopic (exact) mass is 470 g/mol. The van der Waals surface area contributed by atoms with Crippen molar-refractivity contribution < 1.29 is 18.4 Å². The maximum Gasteiger partial charge on any atom is 0.340 e. The van der Waals surface area contributed by atoms with E-state index in [9.17, 15) is 9.59 Å². The minimum atomic E-state index is -0.491. The average Bonchev–Trinajstić information content (AvgIpc) is 3.41. The van der Waals surface area contributed by atoms with Crippen molar-refractivity contribution in [1.29, 1.82) is 0 Å². The Kier molecular flexibility index (Phi) is 4.95. The van der Waals surface area contributed by atoms with Crippen molar-refractivity contribution in [2.75, 3.05) is 7.11 Å². The van der Waals surface area contributed by atoms with Crippen LogP contribution in [0.4, 0.5) is 0 Å². The SMILES string of the molecule is COc1ccc2[nH]c3c(c2c1)CCCC3NC(=O)Cc1c(C)c2cc3c(C)coc3cc2oc1=O. The first-order chi connectivity index (χ1) is 16.9. The van der Waals surface area contributed by atoms with E-state index in [1.807, 2.05) is 38.1 Å². The molecule has 7 nitrogen and oxygen atoms in total. The Labute approximate surface area is 201 Å². The summed E-state index contributed by atoms with van der Waals surface area (Å²) in [5.74, 6) is 0.612. The standard InChI is InChI=1S/C28H26N2O5/c1-14-13-34-24-12-25-19(10-18(14)24)15(2)20(28(32)35-25)11-26(31)29-23-6-4-5-17-21-9-16(33-3)7-8-22(21)30-27(17)23/h7-10,12-13,23,30H,4-6,11H2,1-3H3,(H,29,31). The third-order valence-electron chi connectivity index (χ3n) is 7.26. The van der Waals surface area contributed by atoms with Crippen molar-refractivity contribution in [3.63, 3.8) is 0 Å². The van der Waals surface area contributed by atoms with Crippen LogP contribution in [0, 0.1) is 13.8 Å². The summed E-state index contributed by atoms with van der Waals surface area (Å²) < 4.78 is 16.5. The Morgan fingerprint density at radius 1 is 1.14 bits per heavy atom. The van der Waals surface area contributed by atoms with Gasteiger partial charge in [0.1, 0.15) is 16.9 Å². The number of carbonyl (C=O) groups is 1. The van der Waals surface area contributed by atoms with Gasteiger partial charge in [-0.15, -0.1) is 0 Å². The zero-order valence-corrected chi connectivity index (χ0v) is 19.9. The van der Waals surface area contributed by atoms with E-state index in [4.69, 9.17) is 13.6 Å². The second-order valence-electron chi connectivity index (χ2n) is 9.37. The van der Waals surface area contributed by atoms with Gasteiger partial charge in [0.2, 0.25) is 5.91 Å². The van der Waals surface area contributed by atoms with Crippen LogP contribution in [0.3, 0.4) is 0 Å². The summed E-state index contributed by atoms with van der Waals surface area (Å²) in [5, 5.41) is 6.06. The molecule has 5 aromatic rings. The van der Waals surface area contributed by atoms with Gasteiger partial charge in [-0.25, -0.2) is 4.79 Å². The number of aromatic amines is 1. The van der Waals surface area contributed by atoms with E-state index in [1.54, 1.807) is 19.4 Å². The maximum atomic E-state index is 13.1. The van der Waals surface area contributed by atoms with Gasteiger partial charge in [0.05, 0.1) is 31.4 Å². The van der Waals surface area contributed by atoms with Crippen LogP contribution < -0.4 is 15.7 Å². The second kappa shape index (κ2) is 8.05. The van der Waals surface area contributed by atoms with Gasteiger partial charge in [-0.3, -0.25) is 4.79 Å². The lowest BCUT2D eigenvalue weighted by atomic mass is 9.91. The lowest BCUT2D eigenvalue weighted by molar-refractivity contribution is -0.121. The van der Waals surface area contributed by atoms with Gasteiger partial charge in [-0.2, -0.15) is 0 Å².